The van der Waals surface area contributed by atoms with Gasteiger partial charge in [-0.05, 0) is 55.0 Å². The van der Waals surface area contributed by atoms with Crippen molar-refractivity contribution in [2.45, 2.75) is 288 Å². The molecule has 1 unspecified atom stereocenters. The molecule has 4 heterocycles. The quantitative estimate of drug-likeness (QED) is 0.0211. The molecule has 6 aromatic rings. The van der Waals surface area contributed by atoms with E-state index in [1.165, 1.54) is 84.5 Å². The van der Waals surface area contributed by atoms with Gasteiger partial charge in [0, 0.05) is 46.4 Å². The van der Waals surface area contributed by atoms with Gasteiger partial charge in [-0.2, -0.15) is 0 Å². The minimum atomic E-state index is -1.67. The molecule has 0 aromatic heterocycles. The van der Waals surface area contributed by atoms with Crippen molar-refractivity contribution in [3.63, 3.8) is 0 Å². The normalized spacial score (nSPS) is 24.6. The van der Waals surface area contributed by atoms with Crippen LogP contribution in [0.2, 0.25) is 0 Å². The average Bonchev–Trinajstić information content (AvgIpc) is 0.756. The minimum Gasteiger partial charge on any atom is -0.463 e. The van der Waals surface area contributed by atoms with Gasteiger partial charge < -0.3 is 95.5 Å². The smallest absolute Gasteiger partial charge is 0.410 e. The van der Waals surface area contributed by atoms with Crippen LogP contribution in [0.3, 0.4) is 0 Å². The Balaban J connectivity index is 0.990. The lowest BCUT2D eigenvalue weighted by atomic mass is 9.94. The molecule has 0 saturated carbocycles. The number of hydrogen-bond donors (Lipinski definition) is 1. The monoisotopic (exact) mass is 1650 g/mol. The third kappa shape index (κ3) is 31.7. The summed E-state index contributed by atoms with van der Waals surface area (Å²) in [5.41, 5.74) is 4.07. The highest BCUT2D eigenvalue weighted by Gasteiger charge is 2.58. The lowest BCUT2D eigenvalue weighted by Gasteiger charge is -2.51. The first-order valence-corrected chi connectivity index (χ1v) is 42.6. The number of unbranched alkanes of at least 4 members (excludes halogenated alkanes) is 13. The summed E-state index contributed by atoms with van der Waals surface area (Å²) in [5.74, 6) is -2.92. The summed E-state index contributed by atoms with van der Waals surface area (Å²) in [6, 6.07) is 56.3. The number of carbonyl (C=O) groups is 5. The molecule has 4 fully saturated rings. The standard InChI is InChI=1S/C94H126N2O23/c1-9-10-11-12-13-14-15-16-17-18-19-20-21-40-54-102-62-76(105-57-70-41-28-22-29-42-70)56-96(93(101)119-94(6,7)8)53-55-103-91-87(109-61-74-49-36-26-37-50-74)85(107-59-72-45-32-24-33-46-72)81(106-58-71-43-30-23-31-44-71)77(115-91)64-111-92-88(118-90-80(95-66(2)97)84(113-69(5)100)82(112-68(4)99)78(114-90)63-104-67(3)98)86(108-60-73-47-34-25-35-48-73)83-79(116-92)65-110-89(117-83)75-51-38-27-39-52-75/h22-39,41-52,76-92H,9-21,40,53-65H2,1-8H3,(H,95,97)/t76?,77-,78-,79-,80-,81-,82-,83-,84-,85+,86+,87-,88+,89-,90+,91-,92+/m1/s1. The van der Waals surface area contributed by atoms with Gasteiger partial charge in [0.25, 0.3) is 0 Å². The van der Waals surface area contributed by atoms with Crippen LogP contribution >= 0.6 is 0 Å². The predicted octanol–water partition coefficient (Wildman–Crippen LogP) is 15.3. The highest BCUT2D eigenvalue weighted by atomic mass is 16.8. The number of hydrogen-bond acceptors (Lipinski definition) is 23. The first kappa shape index (κ1) is 93.2. The number of amides is 2. The fourth-order valence-corrected chi connectivity index (χ4v) is 15.0. The molecule has 6 aromatic carbocycles. The van der Waals surface area contributed by atoms with Crippen LogP contribution in [0.1, 0.15) is 185 Å². The van der Waals surface area contributed by atoms with Crippen LogP contribution in [-0.4, -0.2) is 191 Å². The van der Waals surface area contributed by atoms with Gasteiger partial charge in [0.2, 0.25) is 5.91 Å². The zero-order valence-corrected chi connectivity index (χ0v) is 70.6. The second-order valence-corrected chi connectivity index (χ2v) is 31.8. The van der Waals surface area contributed by atoms with E-state index >= 15 is 0 Å². The van der Waals surface area contributed by atoms with E-state index in [0.717, 1.165) is 60.9 Å². The number of fused-ring (bicyclic) bond motifs is 1. The molecule has 0 spiro atoms. The molecule has 119 heavy (non-hydrogen) atoms. The molecule has 1 N–H and O–H groups in total. The Hall–Kier alpha value is -8.09. The Labute approximate surface area is 702 Å². The Morgan fingerprint density at radius 2 is 0.916 bits per heavy atom. The van der Waals surface area contributed by atoms with Crippen LogP contribution in [0.4, 0.5) is 4.79 Å². The zero-order chi connectivity index (χ0) is 84.0. The Morgan fingerprint density at radius 1 is 0.454 bits per heavy atom. The van der Waals surface area contributed by atoms with Gasteiger partial charge in [-0.25, -0.2) is 4.79 Å². The zero-order valence-electron chi connectivity index (χ0n) is 70.6. The number of ether oxygens (including phenoxy) is 18. The van der Waals surface area contributed by atoms with E-state index in [9.17, 15) is 24.0 Å². The van der Waals surface area contributed by atoms with Crippen LogP contribution in [-0.2, 0) is 137 Å². The number of rotatable bonds is 49. The van der Waals surface area contributed by atoms with Crippen LogP contribution in [0.15, 0.2) is 182 Å². The number of carbonyl (C=O) groups excluding carboxylic acids is 5. The topological polar surface area (TPSA) is 267 Å². The Morgan fingerprint density at radius 3 is 1.43 bits per heavy atom. The minimum absolute atomic E-state index is 0.00707. The maximum absolute atomic E-state index is 14.8. The van der Waals surface area contributed by atoms with Crippen molar-refractivity contribution in [2.24, 2.45) is 0 Å². The van der Waals surface area contributed by atoms with E-state index in [-0.39, 0.29) is 72.6 Å². The van der Waals surface area contributed by atoms with Crippen molar-refractivity contribution in [3.8, 4) is 0 Å². The van der Waals surface area contributed by atoms with Gasteiger partial charge in [0.15, 0.2) is 37.4 Å². The molecule has 0 radical (unpaired) electrons. The van der Waals surface area contributed by atoms with Gasteiger partial charge >= 0.3 is 24.0 Å². The maximum Gasteiger partial charge on any atom is 0.410 e. The number of nitrogens with one attached hydrogen (secondary N) is 1. The molecule has 4 saturated heterocycles. The molecule has 25 nitrogen and oxygen atoms in total. The van der Waals surface area contributed by atoms with Crippen molar-refractivity contribution in [3.05, 3.63) is 215 Å². The maximum atomic E-state index is 14.8. The van der Waals surface area contributed by atoms with Crippen LogP contribution < -0.4 is 5.32 Å². The largest absolute Gasteiger partial charge is 0.463 e. The van der Waals surface area contributed by atoms with Crippen LogP contribution in [0, 0.1) is 0 Å². The summed E-state index contributed by atoms with van der Waals surface area (Å²) in [6.07, 6.45) is -2.36. The molecule has 2 amide bonds. The van der Waals surface area contributed by atoms with Gasteiger partial charge in [-0.15, -0.1) is 0 Å². The van der Waals surface area contributed by atoms with E-state index in [2.05, 4.69) is 12.2 Å². The van der Waals surface area contributed by atoms with E-state index in [1.807, 2.05) is 203 Å². The fraction of sp³-hybridized carbons (Fsp3) is 0.564. The highest BCUT2D eigenvalue weighted by molar-refractivity contribution is 5.74. The summed E-state index contributed by atoms with van der Waals surface area (Å²) in [6.45, 7) is 12.7. The molecular formula is C94H126N2O23. The molecule has 4 aliphatic heterocycles. The third-order valence-corrected chi connectivity index (χ3v) is 20.9. The molecule has 0 bridgehead atoms. The van der Waals surface area contributed by atoms with Crippen molar-refractivity contribution >= 4 is 29.9 Å². The predicted molar refractivity (Wildman–Crippen MR) is 442 cm³/mol. The summed E-state index contributed by atoms with van der Waals surface area (Å²) in [7, 11) is 0. The Kier molecular flexibility index (Phi) is 39.4. The van der Waals surface area contributed by atoms with Gasteiger partial charge in [-0.3, -0.25) is 19.2 Å². The van der Waals surface area contributed by atoms with E-state index in [0.29, 0.717) is 12.2 Å². The van der Waals surface area contributed by atoms with Crippen molar-refractivity contribution < 1.29 is 109 Å². The van der Waals surface area contributed by atoms with Gasteiger partial charge in [-0.1, -0.05) is 272 Å². The van der Waals surface area contributed by atoms with E-state index in [1.54, 1.807) is 4.90 Å². The lowest BCUT2D eigenvalue weighted by Crippen LogP contribution is -2.69. The summed E-state index contributed by atoms with van der Waals surface area (Å²) < 4.78 is 122. The number of nitrogens with zero attached hydrogens (tertiary/aromatic N) is 1. The lowest BCUT2D eigenvalue weighted by molar-refractivity contribution is -0.397. The summed E-state index contributed by atoms with van der Waals surface area (Å²) in [5, 5.41) is 2.85. The van der Waals surface area contributed by atoms with Crippen molar-refractivity contribution in [1.29, 1.82) is 0 Å². The molecule has 0 aliphatic carbocycles. The highest BCUT2D eigenvalue weighted by Crippen LogP contribution is 2.41. The van der Waals surface area contributed by atoms with Gasteiger partial charge in [0.1, 0.15) is 73.2 Å². The number of esters is 3. The molecule has 10 rings (SSSR count). The van der Waals surface area contributed by atoms with Crippen LogP contribution in [0.25, 0.3) is 0 Å². The third-order valence-electron chi connectivity index (χ3n) is 20.9. The Bertz CT molecular complexity index is 3850. The molecule has 17 atom stereocenters. The number of benzene rings is 6. The second kappa shape index (κ2) is 50.4. The first-order chi connectivity index (χ1) is 57.8. The van der Waals surface area contributed by atoms with Crippen molar-refractivity contribution in [1.82, 2.24) is 10.2 Å². The van der Waals surface area contributed by atoms with E-state index < -0.39 is 147 Å². The summed E-state index contributed by atoms with van der Waals surface area (Å²) in [4.78, 5) is 69.0. The first-order valence-electron chi connectivity index (χ1n) is 42.6. The second-order valence-electron chi connectivity index (χ2n) is 31.8. The van der Waals surface area contributed by atoms with Gasteiger partial charge in [0.05, 0.1) is 72.1 Å². The SMILES string of the molecule is CCCCCCCCCCCCCCCCOCC(CN(CCO[C@@H]1O[C@H](CO[C@H]2O[C@@H]3CO[C@@H](c4ccccc4)O[C@H]3[C@H](OCc3ccccc3)[C@@H]2O[C@@H]2O[C@H](COC(C)=O)[C@@H](OC(C)=O)[C@H](OC(C)=O)[C@H]2NC(C)=O)[C@@H](OCc2ccccc2)[C@H](OCc2ccccc2)[C@H]1OCc1ccccc1)C(=O)OC(C)(C)C)OCc1ccccc1. The fourth-order valence-electron chi connectivity index (χ4n) is 15.0. The van der Waals surface area contributed by atoms with E-state index in [4.69, 9.17) is 85.3 Å². The molecule has 25 heteroatoms. The molecule has 4 aliphatic rings. The summed E-state index contributed by atoms with van der Waals surface area (Å²) >= 11 is 0. The van der Waals surface area contributed by atoms with Crippen molar-refractivity contribution in [2.75, 3.05) is 52.7 Å². The molecular weight excluding hydrogens is 1530 g/mol. The molecule has 650 valence electrons. The van der Waals surface area contributed by atoms with Crippen LogP contribution in [0.5, 0.6) is 0 Å². The average molecular weight is 1650 g/mol.